The van der Waals surface area contributed by atoms with E-state index < -0.39 is 0 Å². The molecular formula is C16H18ClFN2. The van der Waals surface area contributed by atoms with E-state index in [0.717, 1.165) is 28.3 Å². The molecule has 2 rings (SSSR count). The van der Waals surface area contributed by atoms with E-state index in [2.05, 4.69) is 4.90 Å². The third-order valence-corrected chi connectivity index (χ3v) is 3.28. The maximum atomic E-state index is 13.5. The summed E-state index contributed by atoms with van der Waals surface area (Å²) in [7, 11) is 1.99. The Hall–Kier alpha value is -1.42. The normalized spacial score (nSPS) is 11.1. The van der Waals surface area contributed by atoms with Gasteiger partial charge in [0.25, 0.3) is 0 Å². The average molecular weight is 293 g/mol. The van der Waals surface area contributed by atoms with Crippen LogP contribution in [-0.4, -0.2) is 11.9 Å². The number of hydrogen-bond acceptors (Lipinski definition) is 2. The fourth-order valence-electron chi connectivity index (χ4n) is 2.24. The first kappa shape index (κ1) is 15.0. The minimum Gasteiger partial charge on any atom is -0.326 e. The first-order valence-electron chi connectivity index (χ1n) is 6.48. The molecule has 0 bridgehead atoms. The second-order valence-electron chi connectivity index (χ2n) is 4.97. The van der Waals surface area contributed by atoms with Crippen molar-refractivity contribution in [2.45, 2.75) is 19.6 Å². The lowest BCUT2D eigenvalue weighted by Crippen LogP contribution is -2.17. The van der Waals surface area contributed by atoms with Gasteiger partial charge in [0.2, 0.25) is 0 Å². The molecule has 0 unspecified atom stereocenters. The third kappa shape index (κ3) is 4.30. The lowest BCUT2D eigenvalue weighted by atomic mass is 10.1. The van der Waals surface area contributed by atoms with Gasteiger partial charge in [-0.1, -0.05) is 29.8 Å². The highest BCUT2D eigenvalue weighted by atomic mass is 35.5. The molecule has 2 aromatic rings. The first-order valence-corrected chi connectivity index (χ1v) is 6.86. The number of rotatable bonds is 5. The second-order valence-corrected chi connectivity index (χ2v) is 5.41. The van der Waals surface area contributed by atoms with Gasteiger partial charge in [-0.05, 0) is 48.0 Å². The van der Waals surface area contributed by atoms with Crippen molar-refractivity contribution in [2.24, 2.45) is 5.73 Å². The van der Waals surface area contributed by atoms with Crippen LogP contribution in [0.25, 0.3) is 0 Å². The lowest BCUT2D eigenvalue weighted by molar-refractivity contribution is 0.318. The molecule has 2 nitrogen and oxygen atoms in total. The summed E-state index contributed by atoms with van der Waals surface area (Å²) in [5, 5.41) is 0.729. The van der Waals surface area contributed by atoms with E-state index in [1.165, 1.54) is 6.07 Å². The predicted molar refractivity (Wildman–Crippen MR) is 80.9 cm³/mol. The van der Waals surface area contributed by atoms with Crippen molar-refractivity contribution in [1.29, 1.82) is 0 Å². The fourth-order valence-corrected chi connectivity index (χ4v) is 2.45. The van der Waals surface area contributed by atoms with Gasteiger partial charge in [0.05, 0.1) is 0 Å². The molecule has 0 aliphatic rings. The monoisotopic (exact) mass is 292 g/mol. The van der Waals surface area contributed by atoms with Crippen molar-refractivity contribution in [1.82, 2.24) is 4.90 Å². The Morgan fingerprint density at radius 2 is 1.75 bits per heavy atom. The molecule has 2 aromatic carbocycles. The van der Waals surface area contributed by atoms with Gasteiger partial charge >= 0.3 is 0 Å². The van der Waals surface area contributed by atoms with Crippen LogP contribution in [0.2, 0.25) is 5.02 Å². The van der Waals surface area contributed by atoms with Gasteiger partial charge in [0.15, 0.2) is 0 Å². The van der Waals surface area contributed by atoms with Gasteiger partial charge in [-0.25, -0.2) is 4.39 Å². The Morgan fingerprint density at radius 3 is 2.45 bits per heavy atom. The minimum atomic E-state index is -0.237. The van der Waals surface area contributed by atoms with E-state index in [0.29, 0.717) is 13.1 Å². The molecule has 20 heavy (non-hydrogen) atoms. The highest BCUT2D eigenvalue weighted by molar-refractivity contribution is 6.30. The van der Waals surface area contributed by atoms with Gasteiger partial charge in [-0.3, -0.25) is 4.90 Å². The highest BCUT2D eigenvalue weighted by Crippen LogP contribution is 2.15. The molecule has 0 aliphatic carbocycles. The molecular weight excluding hydrogens is 275 g/mol. The van der Waals surface area contributed by atoms with Gasteiger partial charge in [-0.2, -0.15) is 0 Å². The van der Waals surface area contributed by atoms with Crippen LogP contribution in [-0.2, 0) is 19.6 Å². The van der Waals surface area contributed by atoms with E-state index in [1.807, 2.05) is 37.4 Å². The van der Waals surface area contributed by atoms with E-state index in [1.54, 1.807) is 6.07 Å². The molecule has 0 aliphatic heterocycles. The molecule has 106 valence electrons. The molecule has 0 radical (unpaired) electrons. The fraction of sp³-hybridized carbons (Fsp3) is 0.250. The van der Waals surface area contributed by atoms with E-state index in [4.69, 9.17) is 17.3 Å². The highest BCUT2D eigenvalue weighted by Gasteiger charge is 2.05. The molecule has 4 heteroatoms. The number of nitrogens with two attached hydrogens (primary N) is 1. The topological polar surface area (TPSA) is 29.3 Å². The Bertz CT molecular complexity index is 586. The van der Waals surface area contributed by atoms with Crippen molar-refractivity contribution in [3.63, 3.8) is 0 Å². The standard InChI is InChI=1S/C16H18ClFN2/c1-20(10-12-3-2-4-15(17)6-12)11-14-5-13(9-19)7-16(18)8-14/h2-8H,9-11,19H2,1H3. The van der Waals surface area contributed by atoms with Crippen LogP contribution in [0.1, 0.15) is 16.7 Å². The summed E-state index contributed by atoms with van der Waals surface area (Å²) in [6.07, 6.45) is 0. The maximum absolute atomic E-state index is 13.5. The SMILES string of the molecule is CN(Cc1cccc(Cl)c1)Cc1cc(F)cc(CN)c1. The van der Waals surface area contributed by atoms with Crippen molar-refractivity contribution in [2.75, 3.05) is 7.05 Å². The zero-order valence-corrected chi connectivity index (χ0v) is 12.2. The van der Waals surface area contributed by atoms with Gasteiger partial charge in [0, 0.05) is 24.7 Å². The molecule has 0 saturated carbocycles. The molecule has 0 heterocycles. The molecule has 0 spiro atoms. The van der Waals surface area contributed by atoms with Crippen molar-refractivity contribution < 1.29 is 4.39 Å². The number of hydrogen-bond donors (Lipinski definition) is 1. The Kier molecular flexibility index (Phi) is 5.12. The summed E-state index contributed by atoms with van der Waals surface area (Å²) in [5.74, 6) is -0.237. The first-order chi connectivity index (χ1) is 9.56. The van der Waals surface area contributed by atoms with Gasteiger partial charge in [-0.15, -0.1) is 0 Å². The van der Waals surface area contributed by atoms with Gasteiger partial charge in [0.1, 0.15) is 5.82 Å². The molecule has 0 aromatic heterocycles. The summed E-state index contributed by atoms with van der Waals surface area (Å²) in [5.41, 5.74) is 8.44. The number of nitrogens with zero attached hydrogens (tertiary/aromatic N) is 1. The third-order valence-electron chi connectivity index (χ3n) is 3.05. The minimum absolute atomic E-state index is 0.237. The number of halogens is 2. The predicted octanol–water partition coefficient (Wildman–Crippen LogP) is 3.57. The summed E-state index contributed by atoms with van der Waals surface area (Å²) < 4.78 is 13.5. The molecule has 0 amide bonds. The van der Waals surface area contributed by atoms with Crippen LogP contribution in [0, 0.1) is 5.82 Å². The zero-order valence-electron chi connectivity index (χ0n) is 11.4. The van der Waals surface area contributed by atoms with Crippen molar-refractivity contribution in [3.8, 4) is 0 Å². The van der Waals surface area contributed by atoms with Crippen LogP contribution in [0.15, 0.2) is 42.5 Å². The molecule has 0 fully saturated rings. The number of benzene rings is 2. The molecule has 0 saturated heterocycles. The Morgan fingerprint density at radius 1 is 1.05 bits per heavy atom. The molecule has 0 atom stereocenters. The Labute approximate surface area is 124 Å². The quantitative estimate of drug-likeness (QED) is 0.913. The largest absolute Gasteiger partial charge is 0.326 e. The van der Waals surface area contributed by atoms with E-state index in [9.17, 15) is 4.39 Å². The van der Waals surface area contributed by atoms with Crippen LogP contribution in [0.5, 0.6) is 0 Å². The summed E-state index contributed by atoms with van der Waals surface area (Å²) in [6, 6.07) is 12.7. The van der Waals surface area contributed by atoms with Crippen LogP contribution in [0.4, 0.5) is 4.39 Å². The smallest absolute Gasteiger partial charge is 0.123 e. The van der Waals surface area contributed by atoms with Crippen LogP contribution >= 0.6 is 11.6 Å². The summed E-state index contributed by atoms with van der Waals surface area (Å²) in [4.78, 5) is 2.11. The van der Waals surface area contributed by atoms with Crippen LogP contribution < -0.4 is 5.73 Å². The average Bonchev–Trinajstić information content (AvgIpc) is 2.37. The van der Waals surface area contributed by atoms with Crippen LogP contribution in [0.3, 0.4) is 0 Å². The van der Waals surface area contributed by atoms with Crippen molar-refractivity contribution in [3.05, 3.63) is 70.0 Å². The molecule has 2 N–H and O–H groups in total. The van der Waals surface area contributed by atoms with Gasteiger partial charge < -0.3 is 5.73 Å². The van der Waals surface area contributed by atoms with Crippen molar-refractivity contribution >= 4 is 11.6 Å². The maximum Gasteiger partial charge on any atom is 0.123 e. The summed E-state index contributed by atoms with van der Waals surface area (Å²) >= 11 is 5.97. The van der Waals surface area contributed by atoms with E-state index >= 15 is 0 Å². The summed E-state index contributed by atoms with van der Waals surface area (Å²) in [6.45, 7) is 1.77. The zero-order chi connectivity index (χ0) is 14.5. The Balaban J connectivity index is 2.04. The van der Waals surface area contributed by atoms with E-state index in [-0.39, 0.29) is 5.82 Å². The second kappa shape index (κ2) is 6.84. The lowest BCUT2D eigenvalue weighted by Gasteiger charge is -2.17.